The zero-order valence-electron chi connectivity index (χ0n) is 26.9. The van der Waals surface area contributed by atoms with Gasteiger partial charge in [-0.15, -0.1) is 11.3 Å². The molecule has 0 N–H and O–H groups in total. The molecule has 6 aromatic carbocycles. The predicted octanol–water partition coefficient (Wildman–Crippen LogP) is 13.3. The molecule has 0 unspecified atom stereocenters. The van der Waals surface area contributed by atoms with Crippen LogP contribution in [0.3, 0.4) is 0 Å². The summed E-state index contributed by atoms with van der Waals surface area (Å²) < 4.78 is 0. The molecule has 0 saturated carbocycles. The smallest absolute Gasteiger partial charge is 0.0462 e. The third kappa shape index (κ3) is 7.23. The number of nitrogens with zero attached hydrogens (tertiary/aromatic N) is 2. The molecule has 232 valence electrons. The molecular formula is C45H36N2S. The molecule has 0 bridgehead atoms. The van der Waals surface area contributed by atoms with Crippen molar-refractivity contribution in [3.8, 4) is 0 Å². The normalized spacial score (nSPS) is 11.3. The molecule has 7 aromatic rings. The highest BCUT2D eigenvalue weighted by Gasteiger charge is 2.13. The average molecular weight is 637 g/mol. The van der Waals surface area contributed by atoms with Gasteiger partial charge in [0.05, 0.1) is 0 Å². The minimum absolute atomic E-state index is 1.13. The molecule has 0 aliphatic carbocycles. The van der Waals surface area contributed by atoms with Gasteiger partial charge in [0.2, 0.25) is 0 Å². The van der Waals surface area contributed by atoms with Gasteiger partial charge in [-0.05, 0) is 115 Å². The van der Waals surface area contributed by atoms with Crippen LogP contribution in [0.2, 0.25) is 0 Å². The van der Waals surface area contributed by atoms with E-state index >= 15 is 0 Å². The van der Waals surface area contributed by atoms with Crippen molar-refractivity contribution in [2.75, 3.05) is 9.80 Å². The van der Waals surface area contributed by atoms with Crippen molar-refractivity contribution in [1.82, 2.24) is 0 Å². The highest BCUT2D eigenvalue weighted by Crippen LogP contribution is 2.36. The number of aryl methyl sites for hydroxylation is 1. The lowest BCUT2D eigenvalue weighted by Gasteiger charge is -2.25. The first kappa shape index (κ1) is 30.7. The van der Waals surface area contributed by atoms with Crippen molar-refractivity contribution in [3.63, 3.8) is 0 Å². The lowest BCUT2D eigenvalue weighted by molar-refractivity contribution is 1.28. The van der Waals surface area contributed by atoms with Crippen LogP contribution in [0.15, 0.2) is 176 Å². The van der Waals surface area contributed by atoms with E-state index in [1.807, 2.05) is 11.3 Å². The van der Waals surface area contributed by atoms with E-state index in [1.165, 1.54) is 26.4 Å². The van der Waals surface area contributed by atoms with Gasteiger partial charge in [-0.1, -0.05) is 109 Å². The largest absolute Gasteiger partial charge is 0.311 e. The van der Waals surface area contributed by atoms with Gasteiger partial charge in [0.25, 0.3) is 0 Å². The van der Waals surface area contributed by atoms with Crippen molar-refractivity contribution in [2.24, 2.45) is 0 Å². The van der Waals surface area contributed by atoms with E-state index in [9.17, 15) is 0 Å². The zero-order valence-corrected chi connectivity index (χ0v) is 27.7. The Morgan fingerprint density at radius 1 is 0.375 bits per heavy atom. The van der Waals surface area contributed by atoms with Gasteiger partial charge in [-0.25, -0.2) is 0 Å². The van der Waals surface area contributed by atoms with E-state index in [4.69, 9.17) is 0 Å². The number of hydrogen-bond donors (Lipinski definition) is 0. The van der Waals surface area contributed by atoms with Gasteiger partial charge in [0.1, 0.15) is 0 Å². The second kappa shape index (κ2) is 14.7. The van der Waals surface area contributed by atoms with Crippen LogP contribution >= 0.6 is 11.3 Å². The van der Waals surface area contributed by atoms with Crippen LogP contribution in [0.1, 0.15) is 26.4 Å². The molecule has 0 fully saturated rings. The quantitative estimate of drug-likeness (QED) is 0.147. The maximum absolute atomic E-state index is 2.28. The predicted molar refractivity (Wildman–Crippen MR) is 209 cm³/mol. The van der Waals surface area contributed by atoms with Gasteiger partial charge < -0.3 is 9.80 Å². The maximum atomic E-state index is 2.28. The minimum Gasteiger partial charge on any atom is -0.311 e. The van der Waals surface area contributed by atoms with Crippen LogP contribution in [0.5, 0.6) is 0 Å². The fourth-order valence-corrected chi connectivity index (χ4v) is 6.77. The van der Waals surface area contributed by atoms with Crippen molar-refractivity contribution in [2.45, 2.75) is 6.92 Å². The standard InChI is InChI=1S/C45H36N2S/c1-35-34-44(32-26-36-22-28-42(29-23-36)46(38-14-6-2-7-15-38)39-16-8-3-9-17-39)48-45(35)33-27-37-24-30-43(31-25-37)47(40-18-10-4-11-19-40)41-20-12-5-13-21-41/h2-34H,1H3. The van der Waals surface area contributed by atoms with E-state index in [2.05, 4.69) is 217 Å². The van der Waals surface area contributed by atoms with Crippen molar-refractivity contribution in [1.29, 1.82) is 0 Å². The van der Waals surface area contributed by atoms with E-state index < -0.39 is 0 Å². The third-order valence-electron chi connectivity index (χ3n) is 8.20. The molecule has 1 heterocycles. The minimum atomic E-state index is 1.13. The average Bonchev–Trinajstić information content (AvgIpc) is 3.52. The fourth-order valence-electron chi connectivity index (χ4n) is 5.79. The van der Waals surface area contributed by atoms with Gasteiger partial charge in [0.15, 0.2) is 0 Å². The molecule has 0 atom stereocenters. The first-order valence-corrected chi connectivity index (χ1v) is 17.0. The Labute approximate surface area is 287 Å². The first-order chi connectivity index (χ1) is 23.7. The molecule has 0 saturated heterocycles. The molecule has 0 aliphatic heterocycles. The highest BCUT2D eigenvalue weighted by atomic mass is 32.1. The fraction of sp³-hybridized carbons (Fsp3) is 0.0222. The zero-order chi connectivity index (χ0) is 32.5. The Morgan fingerprint density at radius 2 is 0.708 bits per heavy atom. The number of hydrogen-bond acceptors (Lipinski definition) is 3. The summed E-state index contributed by atoms with van der Waals surface area (Å²) in [4.78, 5) is 7.07. The van der Waals surface area contributed by atoms with Crippen molar-refractivity contribution < 1.29 is 0 Å². The first-order valence-electron chi connectivity index (χ1n) is 16.2. The molecule has 0 radical (unpaired) electrons. The summed E-state index contributed by atoms with van der Waals surface area (Å²) in [5, 5.41) is 0. The van der Waals surface area contributed by atoms with Gasteiger partial charge in [-0.2, -0.15) is 0 Å². The number of rotatable bonds is 10. The summed E-state index contributed by atoms with van der Waals surface area (Å²) in [7, 11) is 0. The molecule has 7 rings (SSSR count). The summed E-state index contributed by atoms with van der Waals surface area (Å²) >= 11 is 1.81. The molecule has 3 heteroatoms. The molecule has 0 spiro atoms. The van der Waals surface area contributed by atoms with E-state index in [1.54, 1.807) is 0 Å². The van der Waals surface area contributed by atoms with E-state index in [-0.39, 0.29) is 0 Å². The summed E-state index contributed by atoms with van der Waals surface area (Å²) in [5.41, 5.74) is 10.4. The monoisotopic (exact) mass is 636 g/mol. The van der Waals surface area contributed by atoms with Gasteiger partial charge in [-0.3, -0.25) is 0 Å². The third-order valence-corrected chi connectivity index (χ3v) is 9.37. The van der Waals surface area contributed by atoms with Crippen LogP contribution < -0.4 is 9.80 Å². The summed E-state index contributed by atoms with van der Waals surface area (Å²) in [6, 6.07) is 61.8. The number of para-hydroxylation sites is 4. The SMILES string of the molecule is Cc1cc(C=Cc2ccc(N(c3ccccc3)c3ccccc3)cc2)sc1C=Cc1ccc(N(c2ccccc2)c2ccccc2)cc1. The Balaban J connectivity index is 1.05. The Bertz CT molecular complexity index is 2020. The van der Waals surface area contributed by atoms with Crippen molar-refractivity contribution >= 4 is 69.8 Å². The molecular weight excluding hydrogens is 601 g/mol. The van der Waals surface area contributed by atoms with E-state index in [0.29, 0.717) is 0 Å². The van der Waals surface area contributed by atoms with Crippen molar-refractivity contribution in [3.05, 3.63) is 202 Å². The highest BCUT2D eigenvalue weighted by molar-refractivity contribution is 7.14. The summed E-state index contributed by atoms with van der Waals surface area (Å²) in [6.07, 6.45) is 8.85. The topological polar surface area (TPSA) is 6.48 Å². The molecule has 48 heavy (non-hydrogen) atoms. The van der Waals surface area contributed by atoms with Gasteiger partial charge in [0, 0.05) is 43.9 Å². The van der Waals surface area contributed by atoms with Crippen LogP contribution in [0.4, 0.5) is 34.1 Å². The molecule has 1 aromatic heterocycles. The summed E-state index contributed by atoms with van der Waals surface area (Å²) in [6.45, 7) is 2.19. The van der Waals surface area contributed by atoms with Gasteiger partial charge >= 0.3 is 0 Å². The Morgan fingerprint density at radius 3 is 1.08 bits per heavy atom. The summed E-state index contributed by atoms with van der Waals surface area (Å²) in [5.74, 6) is 0. The molecule has 0 aliphatic rings. The van der Waals surface area contributed by atoms with Crippen LogP contribution in [-0.4, -0.2) is 0 Å². The number of thiophene rings is 1. The lowest BCUT2D eigenvalue weighted by atomic mass is 10.1. The molecule has 0 amide bonds. The van der Waals surface area contributed by atoms with E-state index in [0.717, 1.165) is 34.1 Å². The van der Waals surface area contributed by atoms with Crippen LogP contribution in [-0.2, 0) is 0 Å². The second-order valence-corrected chi connectivity index (χ2v) is 12.7. The Kier molecular flexibility index (Phi) is 9.40. The maximum Gasteiger partial charge on any atom is 0.0462 e. The van der Waals surface area contributed by atoms with Crippen LogP contribution in [0, 0.1) is 6.92 Å². The number of anilines is 6. The lowest BCUT2D eigenvalue weighted by Crippen LogP contribution is -2.09. The number of benzene rings is 6. The molecule has 2 nitrogen and oxygen atoms in total. The second-order valence-electron chi connectivity index (χ2n) is 11.6. The van der Waals surface area contributed by atoms with Crippen LogP contribution in [0.25, 0.3) is 24.3 Å². The Hall–Kier alpha value is -5.90.